The summed E-state index contributed by atoms with van der Waals surface area (Å²) in [6, 6.07) is 4.75. The molecule has 21 heavy (non-hydrogen) atoms. The van der Waals surface area contributed by atoms with Crippen molar-refractivity contribution in [3.05, 3.63) is 47.0 Å². The van der Waals surface area contributed by atoms with Gasteiger partial charge < -0.3 is 5.73 Å². The van der Waals surface area contributed by atoms with E-state index in [1.165, 1.54) is 6.07 Å². The molecular weight excluding hydrogens is 288 g/mol. The summed E-state index contributed by atoms with van der Waals surface area (Å²) in [4.78, 5) is 8.29. The zero-order chi connectivity index (χ0) is 15.6. The number of nitrogens with zero attached hydrogens (tertiary/aromatic N) is 2. The van der Waals surface area contributed by atoms with Crippen LogP contribution in [-0.4, -0.2) is 18.4 Å². The standard InChI is InChI=1S/C14H18N4O2S/c1-9-6-13(7-14(15)10(9)2)21(19,20)17-8-12-4-5-16-11(3)18-12/h4-7,17H,8,15H2,1-3H3. The van der Waals surface area contributed by atoms with Gasteiger partial charge in [-0.1, -0.05) is 0 Å². The lowest BCUT2D eigenvalue weighted by molar-refractivity contribution is 0.580. The van der Waals surface area contributed by atoms with E-state index in [9.17, 15) is 8.42 Å². The molecule has 1 aromatic heterocycles. The van der Waals surface area contributed by atoms with Crippen LogP contribution in [0, 0.1) is 20.8 Å². The number of sulfonamides is 1. The molecule has 0 aliphatic carbocycles. The van der Waals surface area contributed by atoms with Crippen LogP contribution < -0.4 is 10.5 Å². The zero-order valence-corrected chi connectivity index (χ0v) is 13.0. The maximum absolute atomic E-state index is 12.3. The average Bonchev–Trinajstić information content (AvgIpc) is 2.42. The fourth-order valence-electron chi connectivity index (χ4n) is 1.86. The van der Waals surface area contributed by atoms with Crippen molar-refractivity contribution in [1.29, 1.82) is 0 Å². The first-order valence-corrected chi connectivity index (χ1v) is 7.93. The molecule has 1 aromatic carbocycles. The van der Waals surface area contributed by atoms with E-state index in [1.807, 2.05) is 13.8 Å². The second kappa shape index (κ2) is 5.79. The highest BCUT2D eigenvalue weighted by molar-refractivity contribution is 7.89. The Bertz CT molecular complexity index is 749. The van der Waals surface area contributed by atoms with E-state index in [4.69, 9.17) is 5.73 Å². The van der Waals surface area contributed by atoms with Crippen molar-refractivity contribution in [2.75, 3.05) is 5.73 Å². The van der Waals surface area contributed by atoms with Gasteiger partial charge >= 0.3 is 0 Å². The van der Waals surface area contributed by atoms with Crippen molar-refractivity contribution in [2.45, 2.75) is 32.2 Å². The molecule has 3 N–H and O–H groups in total. The summed E-state index contributed by atoms with van der Waals surface area (Å²) in [5.74, 6) is 0.599. The van der Waals surface area contributed by atoms with Gasteiger partial charge in [0.05, 0.1) is 17.1 Å². The van der Waals surface area contributed by atoms with Crippen molar-refractivity contribution < 1.29 is 8.42 Å². The molecule has 0 aliphatic heterocycles. The lowest BCUT2D eigenvalue weighted by atomic mass is 10.1. The Hall–Kier alpha value is -1.99. The van der Waals surface area contributed by atoms with E-state index < -0.39 is 10.0 Å². The number of aryl methyl sites for hydroxylation is 2. The van der Waals surface area contributed by atoms with Gasteiger partial charge in [0.1, 0.15) is 5.82 Å². The summed E-state index contributed by atoms with van der Waals surface area (Å²) in [6.07, 6.45) is 1.60. The van der Waals surface area contributed by atoms with Crippen LogP contribution in [0.5, 0.6) is 0 Å². The van der Waals surface area contributed by atoms with Crippen LogP contribution in [0.3, 0.4) is 0 Å². The van der Waals surface area contributed by atoms with E-state index in [2.05, 4.69) is 14.7 Å². The monoisotopic (exact) mass is 306 g/mol. The highest BCUT2D eigenvalue weighted by Gasteiger charge is 2.16. The van der Waals surface area contributed by atoms with E-state index in [0.29, 0.717) is 17.2 Å². The Morgan fingerprint density at radius 3 is 2.57 bits per heavy atom. The first-order valence-electron chi connectivity index (χ1n) is 6.44. The Kier molecular flexibility index (Phi) is 4.24. The topological polar surface area (TPSA) is 98.0 Å². The van der Waals surface area contributed by atoms with Gasteiger partial charge in [0.2, 0.25) is 10.0 Å². The van der Waals surface area contributed by atoms with Crippen LogP contribution >= 0.6 is 0 Å². The summed E-state index contributed by atoms with van der Waals surface area (Å²) in [5, 5.41) is 0. The minimum absolute atomic E-state index is 0.110. The quantitative estimate of drug-likeness (QED) is 0.833. The second-order valence-corrected chi connectivity index (χ2v) is 6.64. The Labute approximate surface area is 124 Å². The van der Waals surface area contributed by atoms with Crippen molar-refractivity contribution in [3.63, 3.8) is 0 Å². The maximum Gasteiger partial charge on any atom is 0.241 e. The molecule has 112 valence electrons. The number of rotatable bonds is 4. The molecule has 0 bridgehead atoms. The molecule has 2 aromatic rings. The molecule has 2 rings (SSSR count). The Morgan fingerprint density at radius 1 is 1.24 bits per heavy atom. The molecule has 0 saturated carbocycles. The molecule has 0 unspecified atom stereocenters. The molecule has 6 nitrogen and oxygen atoms in total. The molecular formula is C14H18N4O2S. The molecule has 0 saturated heterocycles. The minimum Gasteiger partial charge on any atom is -0.398 e. The Morgan fingerprint density at radius 2 is 1.95 bits per heavy atom. The number of nitrogens with one attached hydrogen (secondary N) is 1. The number of aromatic nitrogens is 2. The van der Waals surface area contributed by atoms with Gasteiger partial charge in [-0.3, -0.25) is 0 Å². The summed E-state index contributed by atoms with van der Waals surface area (Å²) in [6.45, 7) is 5.55. The van der Waals surface area contributed by atoms with Gasteiger partial charge in [-0.05, 0) is 50.1 Å². The summed E-state index contributed by atoms with van der Waals surface area (Å²) < 4.78 is 27.1. The Balaban J connectivity index is 2.23. The molecule has 7 heteroatoms. The first kappa shape index (κ1) is 15.4. The molecule has 0 amide bonds. The summed E-state index contributed by atoms with van der Waals surface area (Å²) in [7, 11) is -3.62. The molecule has 0 radical (unpaired) electrons. The number of anilines is 1. The SMILES string of the molecule is Cc1nccc(CNS(=O)(=O)c2cc(C)c(C)c(N)c2)n1. The van der Waals surface area contributed by atoms with Crippen LogP contribution in [0.1, 0.15) is 22.6 Å². The van der Waals surface area contributed by atoms with Crippen LogP contribution in [0.2, 0.25) is 0 Å². The van der Waals surface area contributed by atoms with Crippen LogP contribution in [0.4, 0.5) is 5.69 Å². The first-order chi connectivity index (χ1) is 9.79. The van der Waals surface area contributed by atoms with E-state index in [0.717, 1.165) is 11.1 Å². The van der Waals surface area contributed by atoms with Crippen molar-refractivity contribution in [3.8, 4) is 0 Å². The minimum atomic E-state index is -3.62. The molecule has 0 atom stereocenters. The highest BCUT2D eigenvalue weighted by Crippen LogP contribution is 2.21. The van der Waals surface area contributed by atoms with Gasteiger partial charge in [-0.25, -0.2) is 23.1 Å². The van der Waals surface area contributed by atoms with Gasteiger partial charge in [-0.2, -0.15) is 0 Å². The molecule has 0 spiro atoms. The molecule has 0 fully saturated rings. The van der Waals surface area contributed by atoms with Crippen LogP contribution in [0.25, 0.3) is 0 Å². The lowest BCUT2D eigenvalue weighted by Gasteiger charge is -2.10. The fraction of sp³-hybridized carbons (Fsp3) is 0.286. The number of hydrogen-bond donors (Lipinski definition) is 2. The lowest BCUT2D eigenvalue weighted by Crippen LogP contribution is -2.24. The van der Waals surface area contributed by atoms with E-state index in [-0.39, 0.29) is 11.4 Å². The third-order valence-electron chi connectivity index (χ3n) is 3.27. The molecule has 0 aliphatic rings. The number of benzene rings is 1. The predicted molar refractivity (Wildman–Crippen MR) is 81.1 cm³/mol. The van der Waals surface area contributed by atoms with E-state index >= 15 is 0 Å². The van der Waals surface area contributed by atoms with Crippen molar-refractivity contribution in [2.24, 2.45) is 0 Å². The summed E-state index contributed by atoms with van der Waals surface area (Å²) >= 11 is 0. The highest BCUT2D eigenvalue weighted by atomic mass is 32.2. The van der Waals surface area contributed by atoms with Crippen molar-refractivity contribution >= 4 is 15.7 Å². The number of hydrogen-bond acceptors (Lipinski definition) is 5. The van der Waals surface area contributed by atoms with E-state index in [1.54, 1.807) is 25.3 Å². The smallest absolute Gasteiger partial charge is 0.241 e. The number of nitrogens with two attached hydrogens (primary N) is 1. The maximum atomic E-state index is 12.3. The van der Waals surface area contributed by atoms with Crippen LogP contribution in [-0.2, 0) is 16.6 Å². The fourth-order valence-corrected chi connectivity index (χ4v) is 2.98. The normalized spacial score (nSPS) is 11.6. The van der Waals surface area contributed by atoms with Gasteiger partial charge in [0, 0.05) is 11.9 Å². The average molecular weight is 306 g/mol. The third kappa shape index (κ3) is 3.56. The number of nitrogen functional groups attached to an aromatic ring is 1. The largest absolute Gasteiger partial charge is 0.398 e. The van der Waals surface area contributed by atoms with Gasteiger partial charge in [-0.15, -0.1) is 0 Å². The van der Waals surface area contributed by atoms with Crippen LogP contribution in [0.15, 0.2) is 29.3 Å². The zero-order valence-electron chi connectivity index (χ0n) is 12.2. The second-order valence-electron chi connectivity index (χ2n) is 4.87. The van der Waals surface area contributed by atoms with Gasteiger partial charge in [0.15, 0.2) is 0 Å². The summed E-state index contributed by atoms with van der Waals surface area (Å²) in [5.41, 5.74) is 8.64. The molecule has 1 heterocycles. The predicted octanol–water partition coefficient (Wildman–Crippen LogP) is 1.46. The van der Waals surface area contributed by atoms with Crippen molar-refractivity contribution in [1.82, 2.24) is 14.7 Å². The van der Waals surface area contributed by atoms with Gasteiger partial charge in [0.25, 0.3) is 0 Å². The third-order valence-corrected chi connectivity index (χ3v) is 4.65.